The van der Waals surface area contributed by atoms with Crippen LogP contribution in [-0.4, -0.2) is 34.1 Å². The zero-order valence-electron chi connectivity index (χ0n) is 9.73. The molecule has 1 saturated heterocycles. The number of aromatic amines is 1. The molecule has 1 aromatic rings. The minimum atomic E-state index is 0.00681. The smallest absolute Gasteiger partial charge is 0.271 e. The second-order valence-corrected chi connectivity index (χ2v) is 4.75. The van der Waals surface area contributed by atoms with Crippen LogP contribution in [0.15, 0.2) is 6.07 Å². The van der Waals surface area contributed by atoms with E-state index in [-0.39, 0.29) is 5.91 Å². The molecule has 0 bridgehead atoms. The maximum Gasteiger partial charge on any atom is 0.271 e. The largest absolute Gasteiger partial charge is 0.382 e. The van der Waals surface area contributed by atoms with Gasteiger partial charge in [-0.2, -0.15) is 5.10 Å². The summed E-state index contributed by atoms with van der Waals surface area (Å²) < 4.78 is 0. The summed E-state index contributed by atoms with van der Waals surface area (Å²) in [4.78, 5) is 13.9. The number of aromatic nitrogens is 2. The van der Waals surface area contributed by atoms with Gasteiger partial charge in [-0.05, 0) is 18.3 Å². The van der Waals surface area contributed by atoms with Crippen LogP contribution in [0.1, 0.15) is 30.8 Å². The SMILES string of the molecule is CC(C)C1CCN(C(=O)c2cc(N)n[nH]2)C1. The van der Waals surface area contributed by atoms with Gasteiger partial charge in [0.05, 0.1) is 0 Å². The molecule has 5 heteroatoms. The van der Waals surface area contributed by atoms with Gasteiger partial charge in [0.25, 0.3) is 5.91 Å². The summed E-state index contributed by atoms with van der Waals surface area (Å²) >= 11 is 0. The number of H-pyrrole nitrogens is 1. The number of nitrogens with one attached hydrogen (secondary N) is 1. The van der Waals surface area contributed by atoms with E-state index in [0.29, 0.717) is 23.3 Å². The summed E-state index contributed by atoms with van der Waals surface area (Å²) in [5.41, 5.74) is 5.97. The second-order valence-electron chi connectivity index (χ2n) is 4.75. The van der Waals surface area contributed by atoms with Crippen LogP contribution >= 0.6 is 0 Å². The highest BCUT2D eigenvalue weighted by Gasteiger charge is 2.29. The van der Waals surface area contributed by atoms with Crippen molar-refractivity contribution in [2.24, 2.45) is 11.8 Å². The molecule has 16 heavy (non-hydrogen) atoms. The van der Waals surface area contributed by atoms with E-state index >= 15 is 0 Å². The van der Waals surface area contributed by atoms with Crippen molar-refractivity contribution in [3.8, 4) is 0 Å². The third-order valence-corrected chi connectivity index (χ3v) is 3.28. The van der Waals surface area contributed by atoms with Crippen molar-refractivity contribution in [3.63, 3.8) is 0 Å². The number of rotatable bonds is 2. The Hall–Kier alpha value is -1.52. The van der Waals surface area contributed by atoms with Crippen molar-refractivity contribution in [1.29, 1.82) is 0 Å². The van der Waals surface area contributed by atoms with Crippen LogP contribution in [0.3, 0.4) is 0 Å². The Morgan fingerprint density at radius 2 is 2.44 bits per heavy atom. The molecular formula is C11H18N4O. The van der Waals surface area contributed by atoms with Crippen molar-refractivity contribution in [2.75, 3.05) is 18.8 Å². The number of carbonyl (C=O) groups excluding carboxylic acids is 1. The first-order chi connectivity index (χ1) is 7.58. The third-order valence-electron chi connectivity index (χ3n) is 3.28. The van der Waals surface area contributed by atoms with E-state index in [1.54, 1.807) is 6.07 Å². The van der Waals surface area contributed by atoms with Crippen LogP contribution in [-0.2, 0) is 0 Å². The number of nitrogens with two attached hydrogens (primary N) is 1. The average molecular weight is 222 g/mol. The van der Waals surface area contributed by atoms with Crippen molar-refractivity contribution >= 4 is 11.7 Å². The van der Waals surface area contributed by atoms with Gasteiger partial charge in [0.15, 0.2) is 0 Å². The van der Waals surface area contributed by atoms with E-state index in [1.165, 1.54) is 0 Å². The molecule has 1 fully saturated rings. The lowest BCUT2D eigenvalue weighted by molar-refractivity contribution is 0.0778. The number of nitrogen functional groups attached to an aromatic ring is 1. The Kier molecular flexibility index (Phi) is 2.85. The van der Waals surface area contributed by atoms with Gasteiger partial charge in [-0.25, -0.2) is 0 Å². The summed E-state index contributed by atoms with van der Waals surface area (Å²) in [6.07, 6.45) is 1.09. The highest BCUT2D eigenvalue weighted by atomic mass is 16.2. The van der Waals surface area contributed by atoms with Gasteiger partial charge in [-0.1, -0.05) is 13.8 Å². The van der Waals surface area contributed by atoms with E-state index in [9.17, 15) is 4.79 Å². The number of carbonyl (C=O) groups is 1. The Morgan fingerprint density at radius 3 is 2.94 bits per heavy atom. The Morgan fingerprint density at radius 1 is 1.69 bits per heavy atom. The lowest BCUT2D eigenvalue weighted by Crippen LogP contribution is -2.29. The van der Waals surface area contributed by atoms with Crippen LogP contribution in [0, 0.1) is 11.8 Å². The third kappa shape index (κ3) is 2.03. The number of hydrogen-bond acceptors (Lipinski definition) is 3. The van der Waals surface area contributed by atoms with Crippen LogP contribution in [0.5, 0.6) is 0 Å². The molecule has 0 aliphatic carbocycles. The van der Waals surface area contributed by atoms with E-state index < -0.39 is 0 Å². The number of amides is 1. The molecule has 2 heterocycles. The average Bonchev–Trinajstić information content (AvgIpc) is 2.84. The van der Waals surface area contributed by atoms with Gasteiger partial charge < -0.3 is 10.6 Å². The standard InChI is InChI=1S/C11H18N4O/c1-7(2)8-3-4-15(6-8)11(16)9-5-10(12)14-13-9/h5,7-8H,3-4,6H2,1-2H3,(H3,12,13,14). The Bertz CT molecular complexity index is 385. The molecule has 2 rings (SSSR count). The maximum absolute atomic E-state index is 12.0. The van der Waals surface area contributed by atoms with Crippen LogP contribution < -0.4 is 5.73 Å². The highest BCUT2D eigenvalue weighted by Crippen LogP contribution is 2.24. The molecule has 1 atom stereocenters. The molecule has 1 aliphatic rings. The fourth-order valence-corrected chi connectivity index (χ4v) is 2.13. The molecule has 0 saturated carbocycles. The van der Waals surface area contributed by atoms with Crippen molar-refractivity contribution in [3.05, 3.63) is 11.8 Å². The minimum Gasteiger partial charge on any atom is -0.382 e. The van der Waals surface area contributed by atoms with Gasteiger partial charge in [0, 0.05) is 19.2 Å². The molecule has 1 unspecified atom stereocenters. The maximum atomic E-state index is 12.0. The van der Waals surface area contributed by atoms with Crippen molar-refractivity contribution in [1.82, 2.24) is 15.1 Å². The summed E-state index contributed by atoms with van der Waals surface area (Å²) in [5.74, 6) is 1.61. The first kappa shape index (κ1) is 11.0. The summed E-state index contributed by atoms with van der Waals surface area (Å²) in [6.45, 7) is 6.08. The highest BCUT2D eigenvalue weighted by molar-refractivity contribution is 5.93. The lowest BCUT2D eigenvalue weighted by Gasteiger charge is -2.17. The lowest BCUT2D eigenvalue weighted by atomic mass is 9.95. The predicted octanol–water partition coefficient (Wildman–Crippen LogP) is 1.11. The van der Waals surface area contributed by atoms with Gasteiger partial charge >= 0.3 is 0 Å². The molecular weight excluding hydrogens is 204 g/mol. The van der Waals surface area contributed by atoms with Gasteiger partial charge in [0.1, 0.15) is 11.5 Å². The van der Waals surface area contributed by atoms with Crippen LogP contribution in [0.2, 0.25) is 0 Å². The minimum absolute atomic E-state index is 0.00681. The molecule has 0 aromatic carbocycles. The zero-order valence-corrected chi connectivity index (χ0v) is 9.73. The molecule has 1 amide bonds. The number of hydrogen-bond donors (Lipinski definition) is 2. The molecule has 1 aromatic heterocycles. The van der Waals surface area contributed by atoms with Crippen LogP contribution in [0.4, 0.5) is 5.82 Å². The molecule has 88 valence electrons. The van der Waals surface area contributed by atoms with Gasteiger partial charge in [-0.3, -0.25) is 9.89 Å². The molecule has 1 aliphatic heterocycles. The van der Waals surface area contributed by atoms with Gasteiger partial charge in [-0.15, -0.1) is 0 Å². The summed E-state index contributed by atoms with van der Waals surface area (Å²) in [5, 5.41) is 6.43. The van der Waals surface area contributed by atoms with E-state index in [1.807, 2.05) is 4.90 Å². The number of nitrogens with zero attached hydrogens (tertiary/aromatic N) is 2. The van der Waals surface area contributed by atoms with Crippen LogP contribution in [0.25, 0.3) is 0 Å². The van der Waals surface area contributed by atoms with E-state index in [4.69, 9.17) is 5.73 Å². The zero-order chi connectivity index (χ0) is 11.7. The number of anilines is 1. The molecule has 0 spiro atoms. The number of likely N-dealkylation sites (tertiary alicyclic amines) is 1. The second kappa shape index (κ2) is 4.15. The van der Waals surface area contributed by atoms with E-state index in [0.717, 1.165) is 19.5 Å². The van der Waals surface area contributed by atoms with Crippen molar-refractivity contribution in [2.45, 2.75) is 20.3 Å². The molecule has 0 radical (unpaired) electrons. The topological polar surface area (TPSA) is 75.0 Å². The fourth-order valence-electron chi connectivity index (χ4n) is 2.13. The molecule has 3 N–H and O–H groups in total. The Labute approximate surface area is 95.0 Å². The fraction of sp³-hybridized carbons (Fsp3) is 0.636. The summed E-state index contributed by atoms with van der Waals surface area (Å²) in [6, 6.07) is 1.59. The molecule has 5 nitrogen and oxygen atoms in total. The summed E-state index contributed by atoms with van der Waals surface area (Å²) in [7, 11) is 0. The Balaban J connectivity index is 2.02. The van der Waals surface area contributed by atoms with Gasteiger partial charge in [0.2, 0.25) is 0 Å². The quantitative estimate of drug-likeness (QED) is 0.787. The normalized spacial score (nSPS) is 20.7. The van der Waals surface area contributed by atoms with E-state index in [2.05, 4.69) is 24.0 Å². The predicted molar refractivity (Wildman–Crippen MR) is 61.8 cm³/mol. The van der Waals surface area contributed by atoms with Crippen molar-refractivity contribution < 1.29 is 4.79 Å². The first-order valence-electron chi connectivity index (χ1n) is 5.68. The monoisotopic (exact) mass is 222 g/mol. The first-order valence-corrected chi connectivity index (χ1v) is 5.68.